The predicted molar refractivity (Wildman–Crippen MR) is 75.9 cm³/mol. The standard InChI is InChI=1S/C13H26N2O3S/c1-3-14-10(2)11-5-4-6-15(7-11)12-8-19(17,18)9-13(12)16/h10-14,16H,3-9H2,1-2H3. The lowest BCUT2D eigenvalue weighted by Gasteiger charge is -2.39. The summed E-state index contributed by atoms with van der Waals surface area (Å²) in [7, 11) is -3.05. The van der Waals surface area contributed by atoms with Crippen LogP contribution in [0.2, 0.25) is 0 Å². The van der Waals surface area contributed by atoms with Crippen molar-refractivity contribution in [1.82, 2.24) is 10.2 Å². The Balaban J connectivity index is 1.98. The number of aliphatic hydroxyl groups is 1. The molecule has 2 aliphatic heterocycles. The number of sulfone groups is 1. The summed E-state index contributed by atoms with van der Waals surface area (Å²) in [4.78, 5) is 2.19. The number of likely N-dealkylation sites (tertiary alicyclic amines) is 1. The summed E-state index contributed by atoms with van der Waals surface area (Å²) in [6.07, 6.45) is 1.56. The predicted octanol–water partition coefficient (Wildman–Crippen LogP) is -0.146. The molecule has 0 bridgehead atoms. The van der Waals surface area contributed by atoms with Gasteiger partial charge in [0.15, 0.2) is 9.84 Å². The van der Waals surface area contributed by atoms with Gasteiger partial charge in [-0.15, -0.1) is 0 Å². The van der Waals surface area contributed by atoms with Crippen molar-refractivity contribution in [2.24, 2.45) is 5.92 Å². The van der Waals surface area contributed by atoms with Crippen LogP contribution in [-0.4, -0.2) is 67.8 Å². The van der Waals surface area contributed by atoms with Crippen molar-refractivity contribution >= 4 is 9.84 Å². The summed E-state index contributed by atoms with van der Waals surface area (Å²) < 4.78 is 23.2. The number of piperidine rings is 1. The average molecular weight is 290 g/mol. The Morgan fingerprint density at radius 1 is 1.42 bits per heavy atom. The normalized spacial score (nSPS) is 37.3. The molecule has 0 aromatic rings. The second-order valence-corrected chi connectivity index (χ2v) is 8.11. The molecule has 0 radical (unpaired) electrons. The molecular weight excluding hydrogens is 264 g/mol. The fraction of sp³-hybridized carbons (Fsp3) is 1.00. The first-order valence-corrected chi connectivity index (χ1v) is 9.11. The van der Waals surface area contributed by atoms with Crippen LogP contribution in [0.1, 0.15) is 26.7 Å². The van der Waals surface area contributed by atoms with Crippen LogP contribution < -0.4 is 5.32 Å². The van der Waals surface area contributed by atoms with E-state index in [9.17, 15) is 13.5 Å². The van der Waals surface area contributed by atoms with Gasteiger partial charge in [-0.2, -0.15) is 0 Å². The summed E-state index contributed by atoms with van der Waals surface area (Å²) in [5, 5.41) is 13.4. The SMILES string of the molecule is CCNC(C)C1CCCN(C2CS(=O)(=O)CC2O)C1. The van der Waals surface area contributed by atoms with Crippen LogP contribution in [0.4, 0.5) is 0 Å². The van der Waals surface area contributed by atoms with E-state index in [0.29, 0.717) is 12.0 Å². The highest BCUT2D eigenvalue weighted by molar-refractivity contribution is 7.91. The molecule has 0 aromatic heterocycles. The third kappa shape index (κ3) is 3.68. The molecule has 4 atom stereocenters. The van der Waals surface area contributed by atoms with Crippen LogP contribution in [-0.2, 0) is 9.84 Å². The van der Waals surface area contributed by atoms with Gasteiger partial charge in [0.05, 0.1) is 23.7 Å². The van der Waals surface area contributed by atoms with E-state index in [2.05, 4.69) is 24.1 Å². The van der Waals surface area contributed by atoms with E-state index in [4.69, 9.17) is 0 Å². The van der Waals surface area contributed by atoms with Crippen molar-refractivity contribution in [2.45, 2.75) is 44.9 Å². The molecule has 0 amide bonds. The van der Waals surface area contributed by atoms with Gasteiger partial charge in [-0.05, 0) is 38.8 Å². The number of nitrogens with one attached hydrogen (secondary N) is 1. The molecule has 19 heavy (non-hydrogen) atoms. The fourth-order valence-electron chi connectivity index (χ4n) is 3.40. The van der Waals surface area contributed by atoms with Crippen molar-refractivity contribution in [2.75, 3.05) is 31.1 Å². The Hall–Kier alpha value is -0.170. The quantitative estimate of drug-likeness (QED) is 0.754. The van der Waals surface area contributed by atoms with Crippen LogP contribution >= 0.6 is 0 Å². The van der Waals surface area contributed by atoms with E-state index in [1.165, 1.54) is 6.42 Å². The van der Waals surface area contributed by atoms with Crippen molar-refractivity contribution in [3.63, 3.8) is 0 Å². The second kappa shape index (κ2) is 6.08. The highest BCUT2D eigenvalue weighted by atomic mass is 32.2. The zero-order valence-electron chi connectivity index (χ0n) is 11.9. The van der Waals surface area contributed by atoms with Gasteiger partial charge >= 0.3 is 0 Å². The second-order valence-electron chi connectivity index (χ2n) is 5.96. The molecule has 0 aromatic carbocycles. The van der Waals surface area contributed by atoms with Gasteiger partial charge in [0.2, 0.25) is 0 Å². The highest BCUT2D eigenvalue weighted by Gasteiger charge is 2.41. The number of nitrogens with zero attached hydrogens (tertiary/aromatic N) is 1. The molecule has 2 aliphatic rings. The molecule has 2 saturated heterocycles. The minimum Gasteiger partial charge on any atom is -0.390 e. The largest absolute Gasteiger partial charge is 0.390 e. The van der Waals surface area contributed by atoms with Gasteiger partial charge in [0.25, 0.3) is 0 Å². The van der Waals surface area contributed by atoms with Crippen LogP contribution in [0.25, 0.3) is 0 Å². The Labute approximate surface area is 116 Å². The number of aliphatic hydroxyl groups excluding tert-OH is 1. The van der Waals surface area contributed by atoms with Gasteiger partial charge in [-0.1, -0.05) is 6.92 Å². The van der Waals surface area contributed by atoms with Crippen molar-refractivity contribution in [3.05, 3.63) is 0 Å². The Morgan fingerprint density at radius 2 is 2.16 bits per heavy atom. The third-order valence-corrected chi connectivity index (χ3v) is 6.18. The van der Waals surface area contributed by atoms with E-state index in [-0.39, 0.29) is 17.5 Å². The first-order chi connectivity index (χ1) is 8.93. The molecule has 112 valence electrons. The van der Waals surface area contributed by atoms with Gasteiger partial charge in [-0.3, -0.25) is 4.90 Å². The first-order valence-electron chi connectivity index (χ1n) is 7.29. The molecule has 5 nitrogen and oxygen atoms in total. The monoisotopic (exact) mass is 290 g/mol. The van der Waals surface area contributed by atoms with Gasteiger partial charge in [0.1, 0.15) is 0 Å². The molecular formula is C13H26N2O3S. The van der Waals surface area contributed by atoms with Crippen LogP contribution in [0, 0.1) is 5.92 Å². The summed E-state index contributed by atoms with van der Waals surface area (Å²) in [6, 6.07) is 0.254. The van der Waals surface area contributed by atoms with Crippen LogP contribution in [0.3, 0.4) is 0 Å². The van der Waals surface area contributed by atoms with Crippen LogP contribution in [0.15, 0.2) is 0 Å². The lowest BCUT2D eigenvalue weighted by atomic mass is 9.90. The first kappa shape index (κ1) is 15.2. The van der Waals surface area contributed by atoms with E-state index in [0.717, 1.165) is 26.1 Å². The van der Waals surface area contributed by atoms with Crippen LogP contribution in [0.5, 0.6) is 0 Å². The smallest absolute Gasteiger partial charge is 0.154 e. The van der Waals surface area contributed by atoms with Gasteiger partial charge < -0.3 is 10.4 Å². The molecule has 2 fully saturated rings. The fourth-order valence-corrected chi connectivity index (χ4v) is 5.23. The lowest BCUT2D eigenvalue weighted by Crippen LogP contribution is -2.51. The summed E-state index contributed by atoms with van der Waals surface area (Å²) in [5.74, 6) is 0.599. The maximum absolute atomic E-state index is 11.6. The van der Waals surface area contributed by atoms with Gasteiger partial charge in [0, 0.05) is 12.6 Å². The topological polar surface area (TPSA) is 69.6 Å². The van der Waals surface area contributed by atoms with E-state index >= 15 is 0 Å². The van der Waals surface area contributed by atoms with Crippen molar-refractivity contribution in [3.8, 4) is 0 Å². The lowest BCUT2D eigenvalue weighted by molar-refractivity contribution is 0.0472. The minimum absolute atomic E-state index is 0.0679. The molecule has 2 rings (SSSR count). The maximum Gasteiger partial charge on any atom is 0.154 e. The number of rotatable bonds is 4. The van der Waals surface area contributed by atoms with E-state index < -0.39 is 15.9 Å². The molecule has 4 unspecified atom stereocenters. The number of hydrogen-bond acceptors (Lipinski definition) is 5. The Kier molecular flexibility index (Phi) is 4.87. The van der Waals surface area contributed by atoms with Crippen molar-refractivity contribution < 1.29 is 13.5 Å². The van der Waals surface area contributed by atoms with E-state index in [1.807, 2.05) is 0 Å². The van der Waals surface area contributed by atoms with Crippen molar-refractivity contribution in [1.29, 1.82) is 0 Å². The minimum atomic E-state index is -3.05. The maximum atomic E-state index is 11.6. The number of hydrogen-bond donors (Lipinski definition) is 2. The Bertz CT molecular complexity index is 399. The highest BCUT2D eigenvalue weighted by Crippen LogP contribution is 2.26. The average Bonchev–Trinajstić information content (AvgIpc) is 2.63. The third-order valence-electron chi connectivity index (χ3n) is 4.49. The molecule has 2 N–H and O–H groups in total. The Morgan fingerprint density at radius 3 is 2.74 bits per heavy atom. The van der Waals surface area contributed by atoms with E-state index in [1.54, 1.807) is 0 Å². The molecule has 0 aliphatic carbocycles. The van der Waals surface area contributed by atoms with Gasteiger partial charge in [-0.25, -0.2) is 8.42 Å². The summed E-state index contributed by atoms with van der Waals surface area (Å²) in [6.45, 7) is 7.06. The molecule has 0 spiro atoms. The molecule has 2 heterocycles. The zero-order valence-corrected chi connectivity index (χ0v) is 12.7. The molecule has 6 heteroatoms. The zero-order chi connectivity index (χ0) is 14.0. The summed E-state index contributed by atoms with van der Waals surface area (Å²) in [5.41, 5.74) is 0. The molecule has 0 saturated carbocycles. The summed E-state index contributed by atoms with van der Waals surface area (Å²) >= 11 is 0.